The van der Waals surface area contributed by atoms with Crippen LogP contribution in [0.2, 0.25) is 0 Å². The van der Waals surface area contributed by atoms with Gasteiger partial charge in [-0.05, 0) is 23.3 Å². The summed E-state index contributed by atoms with van der Waals surface area (Å²) in [7, 11) is 1.96. The first-order valence-electron chi connectivity index (χ1n) is 4.96. The lowest BCUT2D eigenvalue weighted by Crippen LogP contribution is -2.15. The van der Waals surface area contributed by atoms with E-state index < -0.39 is 0 Å². The molecular weight excluding hydrogens is 172 g/mol. The monoisotopic (exact) mass is 188 g/mol. The first-order valence-corrected chi connectivity index (χ1v) is 4.96. The topological polar surface area (TPSA) is 15.3 Å². The molecule has 1 heterocycles. The van der Waals surface area contributed by atoms with Crippen LogP contribution in [-0.2, 0) is 13.1 Å². The molecule has 0 fully saturated rings. The lowest BCUT2D eigenvalue weighted by molar-refractivity contribution is 0.317. The fourth-order valence-corrected chi connectivity index (χ4v) is 1.93. The zero-order chi connectivity index (χ0) is 9.97. The zero-order valence-electron chi connectivity index (χ0n) is 8.59. The molecule has 0 aliphatic carbocycles. The molecule has 2 heteroatoms. The van der Waals surface area contributed by atoms with E-state index in [0.717, 1.165) is 19.6 Å². The van der Waals surface area contributed by atoms with Crippen molar-refractivity contribution in [3.8, 4) is 0 Å². The molecule has 14 heavy (non-hydrogen) atoms. The summed E-state index contributed by atoms with van der Waals surface area (Å²) >= 11 is 0. The van der Waals surface area contributed by atoms with Crippen molar-refractivity contribution in [2.24, 2.45) is 0 Å². The zero-order valence-corrected chi connectivity index (χ0v) is 8.59. The van der Waals surface area contributed by atoms with Crippen molar-refractivity contribution in [3.05, 3.63) is 42.0 Å². The Bertz CT molecular complexity index is 344. The van der Waals surface area contributed by atoms with E-state index in [1.807, 2.05) is 13.1 Å². The van der Waals surface area contributed by atoms with E-state index in [-0.39, 0.29) is 0 Å². The van der Waals surface area contributed by atoms with Crippen molar-refractivity contribution >= 4 is 5.69 Å². The molecule has 1 aliphatic rings. The Morgan fingerprint density at radius 1 is 1.43 bits per heavy atom. The van der Waals surface area contributed by atoms with Crippen LogP contribution in [0.3, 0.4) is 0 Å². The quantitative estimate of drug-likeness (QED) is 0.732. The van der Waals surface area contributed by atoms with Crippen molar-refractivity contribution in [3.63, 3.8) is 0 Å². The number of nitrogens with zero attached hydrogens (tertiary/aromatic N) is 1. The molecule has 0 radical (unpaired) electrons. The number of rotatable bonds is 3. The normalized spacial score (nSPS) is 15.2. The first kappa shape index (κ1) is 9.28. The van der Waals surface area contributed by atoms with Gasteiger partial charge in [0.2, 0.25) is 0 Å². The van der Waals surface area contributed by atoms with Crippen molar-refractivity contribution in [2.45, 2.75) is 13.1 Å². The number of fused-ring (bicyclic) bond motifs is 1. The molecule has 0 amide bonds. The maximum Gasteiger partial charge on any atom is 0.0341 e. The van der Waals surface area contributed by atoms with Gasteiger partial charge in [0, 0.05) is 32.4 Å². The van der Waals surface area contributed by atoms with Gasteiger partial charge in [0.15, 0.2) is 0 Å². The molecule has 0 unspecified atom stereocenters. The van der Waals surface area contributed by atoms with Crippen LogP contribution in [0.5, 0.6) is 0 Å². The van der Waals surface area contributed by atoms with Gasteiger partial charge in [-0.25, -0.2) is 0 Å². The molecule has 0 spiro atoms. The summed E-state index contributed by atoms with van der Waals surface area (Å²) in [6.07, 6.45) is 1.96. The van der Waals surface area contributed by atoms with E-state index in [9.17, 15) is 0 Å². The first-order chi connectivity index (χ1) is 6.83. The highest BCUT2D eigenvalue weighted by Crippen LogP contribution is 2.25. The van der Waals surface area contributed by atoms with Gasteiger partial charge < -0.3 is 5.32 Å². The predicted molar refractivity (Wildman–Crippen MR) is 60.3 cm³/mol. The van der Waals surface area contributed by atoms with Gasteiger partial charge in [-0.3, -0.25) is 4.90 Å². The Labute approximate surface area is 85.2 Å². The van der Waals surface area contributed by atoms with Crippen molar-refractivity contribution < 1.29 is 0 Å². The van der Waals surface area contributed by atoms with E-state index in [1.54, 1.807) is 0 Å². The summed E-state index contributed by atoms with van der Waals surface area (Å²) in [6, 6.07) is 6.58. The second kappa shape index (κ2) is 3.84. The molecule has 2 nitrogen and oxygen atoms in total. The minimum absolute atomic E-state index is 0.976. The summed E-state index contributed by atoms with van der Waals surface area (Å²) in [5.74, 6) is 0. The summed E-state index contributed by atoms with van der Waals surface area (Å²) in [5.41, 5.74) is 4.09. The van der Waals surface area contributed by atoms with Gasteiger partial charge in [-0.15, -0.1) is 6.58 Å². The van der Waals surface area contributed by atoms with Gasteiger partial charge in [0.05, 0.1) is 0 Å². The molecule has 0 saturated heterocycles. The Hall–Kier alpha value is -1.28. The van der Waals surface area contributed by atoms with Gasteiger partial charge in [-0.2, -0.15) is 0 Å². The second-order valence-electron chi connectivity index (χ2n) is 3.69. The molecule has 1 aromatic carbocycles. The number of hydrogen-bond donors (Lipinski definition) is 1. The van der Waals surface area contributed by atoms with Gasteiger partial charge in [0.25, 0.3) is 0 Å². The van der Waals surface area contributed by atoms with E-state index >= 15 is 0 Å². The second-order valence-corrected chi connectivity index (χ2v) is 3.69. The molecule has 74 valence electrons. The fraction of sp³-hybridized carbons (Fsp3) is 0.333. The van der Waals surface area contributed by atoms with E-state index in [4.69, 9.17) is 0 Å². The third-order valence-electron chi connectivity index (χ3n) is 2.67. The van der Waals surface area contributed by atoms with Crippen LogP contribution < -0.4 is 5.32 Å². The van der Waals surface area contributed by atoms with E-state index in [2.05, 4.69) is 35.0 Å². The van der Waals surface area contributed by atoms with Gasteiger partial charge in [0.1, 0.15) is 0 Å². The molecule has 0 bridgehead atoms. The van der Waals surface area contributed by atoms with Crippen LogP contribution >= 0.6 is 0 Å². The van der Waals surface area contributed by atoms with Crippen molar-refractivity contribution in [1.82, 2.24) is 4.90 Å². The largest absolute Gasteiger partial charge is 0.388 e. The SMILES string of the molecule is C=CCN1Cc2ccc(NC)cc2C1. The Balaban J connectivity index is 2.18. The predicted octanol–water partition coefficient (Wildman–Crippen LogP) is 2.23. The lowest BCUT2D eigenvalue weighted by atomic mass is 10.1. The number of nitrogens with one attached hydrogen (secondary N) is 1. The fourth-order valence-electron chi connectivity index (χ4n) is 1.93. The van der Waals surface area contributed by atoms with Crippen LogP contribution in [-0.4, -0.2) is 18.5 Å². The highest BCUT2D eigenvalue weighted by molar-refractivity contribution is 5.49. The molecule has 0 aromatic heterocycles. The molecule has 0 atom stereocenters. The Morgan fingerprint density at radius 3 is 2.93 bits per heavy atom. The summed E-state index contributed by atoms with van der Waals surface area (Å²) < 4.78 is 0. The van der Waals surface area contributed by atoms with Crippen LogP contribution in [0.25, 0.3) is 0 Å². The molecular formula is C12H16N2. The molecule has 1 aliphatic heterocycles. The molecule has 0 saturated carbocycles. The van der Waals surface area contributed by atoms with Crippen LogP contribution in [0.15, 0.2) is 30.9 Å². The number of anilines is 1. The lowest BCUT2D eigenvalue weighted by Gasteiger charge is -2.10. The van der Waals surface area contributed by atoms with Crippen LogP contribution in [0.1, 0.15) is 11.1 Å². The number of hydrogen-bond acceptors (Lipinski definition) is 2. The highest BCUT2D eigenvalue weighted by atomic mass is 15.1. The van der Waals surface area contributed by atoms with E-state index in [1.165, 1.54) is 16.8 Å². The smallest absolute Gasteiger partial charge is 0.0341 e. The minimum Gasteiger partial charge on any atom is -0.388 e. The third kappa shape index (κ3) is 1.66. The molecule has 1 aromatic rings. The van der Waals surface area contributed by atoms with Gasteiger partial charge >= 0.3 is 0 Å². The summed E-state index contributed by atoms with van der Waals surface area (Å²) in [4.78, 5) is 2.39. The standard InChI is InChI=1S/C12H16N2/c1-3-6-14-8-10-4-5-12(13-2)7-11(10)9-14/h3-5,7,13H,1,6,8-9H2,2H3. The average molecular weight is 188 g/mol. The number of benzene rings is 1. The maximum atomic E-state index is 3.77. The molecule has 2 rings (SSSR count). The highest BCUT2D eigenvalue weighted by Gasteiger charge is 2.17. The minimum atomic E-state index is 0.976. The van der Waals surface area contributed by atoms with Gasteiger partial charge in [-0.1, -0.05) is 12.1 Å². The average Bonchev–Trinajstić information content (AvgIpc) is 2.59. The maximum absolute atomic E-state index is 3.77. The third-order valence-corrected chi connectivity index (χ3v) is 2.67. The van der Waals surface area contributed by atoms with Crippen LogP contribution in [0.4, 0.5) is 5.69 Å². The van der Waals surface area contributed by atoms with Crippen molar-refractivity contribution in [2.75, 3.05) is 18.9 Å². The Morgan fingerprint density at radius 2 is 2.21 bits per heavy atom. The van der Waals surface area contributed by atoms with E-state index in [0.29, 0.717) is 0 Å². The molecule has 1 N–H and O–H groups in total. The summed E-state index contributed by atoms with van der Waals surface area (Å²) in [5, 5.41) is 3.16. The summed E-state index contributed by atoms with van der Waals surface area (Å²) in [6.45, 7) is 6.86. The van der Waals surface area contributed by atoms with Crippen molar-refractivity contribution in [1.29, 1.82) is 0 Å². The Kier molecular flexibility index (Phi) is 2.55. The van der Waals surface area contributed by atoms with Crippen LogP contribution in [0, 0.1) is 0 Å².